The molecule has 0 bridgehead atoms. The van der Waals surface area contributed by atoms with Crippen LogP contribution in [0.3, 0.4) is 0 Å². The van der Waals surface area contributed by atoms with Gasteiger partial charge in [0.1, 0.15) is 0 Å². The summed E-state index contributed by atoms with van der Waals surface area (Å²) in [4.78, 5) is 12.3. The number of halogens is 10. The van der Waals surface area contributed by atoms with Gasteiger partial charge < -0.3 is 0 Å². The highest BCUT2D eigenvalue weighted by Crippen LogP contribution is 2.39. The van der Waals surface area contributed by atoms with Crippen LogP contribution >= 0.6 is 11.6 Å². The minimum atomic E-state index is -5.21. The van der Waals surface area contributed by atoms with Crippen LogP contribution in [0, 0.1) is 0 Å². The maximum Gasteiger partial charge on any atom is 0.417 e. The fourth-order valence-corrected chi connectivity index (χ4v) is 2.49. The van der Waals surface area contributed by atoms with Gasteiger partial charge in [-0.05, 0) is 30.3 Å². The Balaban J connectivity index is 2.67. The molecule has 2 rings (SSSR count). The Labute approximate surface area is 150 Å². The predicted octanol–water partition coefficient (Wildman–Crippen LogP) is 6.63. The van der Waals surface area contributed by atoms with Gasteiger partial charge >= 0.3 is 18.5 Å². The first-order chi connectivity index (χ1) is 12.1. The number of benzene rings is 2. The first kappa shape index (κ1) is 21.1. The van der Waals surface area contributed by atoms with Crippen LogP contribution in [0.4, 0.5) is 39.5 Å². The minimum absolute atomic E-state index is 0.119. The van der Waals surface area contributed by atoms with Gasteiger partial charge in [0.2, 0.25) is 0 Å². The number of carbonyl (C=O) groups excluding carboxylic acids is 1. The predicted molar refractivity (Wildman–Crippen MR) is 76.3 cm³/mol. The Morgan fingerprint density at radius 1 is 0.741 bits per heavy atom. The van der Waals surface area contributed by atoms with Crippen molar-refractivity contribution in [3.8, 4) is 0 Å². The molecule has 0 aliphatic heterocycles. The number of ketones is 1. The average Bonchev–Trinajstić information content (AvgIpc) is 2.51. The first-order valence-corrected chi connectivity index (χ1v) is 7.20. The van der Waals surface area contributed by atoms with Crippen LogP contribution in [0.1, 0.15) is 32.6 Å². The third kappa shape index (κ3) is 4.55. The van der Waals surface area contributed by atoms with Crippen molar-refractivity contribution in [2.45, 2.75) is 18.5 Å². The zero-order valence-corrected chi connectivity index (χ0v) is 13.4. The van der Waals surface area contributed by atoms with Gasteiger partial charge in [-0.1, -0.05) is 17.7 Å². The third-order valence-electron chi connectivity index (χ3n) is 3.40. The van der Waals surface area contributed by atoms with E-state index in [9.17, 15) is 44.3 Å². The Kier molecular flexibility index (Phi) is 5.26. The molecule has 0 unspecified atom stereocenters. The van der Waals surface area contributed by atoms with E-state index in [1.165, 1.54) is 0 Å². The monoisotopic (exact) mass is 420 g/mol. The highest BCUT2D eigenvalue weighted by Gasteiger charge is 2.38. The van der Waals surface area contributed by atoms with E-state index in [0.29, 0.717) is 6.07 Å². The minimum Gasteiger partial charge on any atom is -0.289 e. The van der Waals surface area contributed by atoms with Crippen LogP contribution in [-0.2, 0) is 18.5 Å². The van der Waals surface area contributed by atoms with Crippen LogP contribution < -0.4 is 0 Å². The number of hydrogen-bond donors (Lipinski definition) is 0. The summed E-state index contributed by atoms with van der Waals surface area (Å²) in [7, 11) is 0. The summed E-state index contributed by atoms with van der Waals surface area (Å²) >= 11 is 5.51. The van der Waals surface area contributed by atoms with Gasteiger partial charge in [0.25, 0.3) is 0 Å². The number of alkyl halides is 9. The molecule has 0 aliphatic carbocycles. The fraction of sp³-hybridized carbons (Fsp3) is 0.188. The Bertz CT molecular complexity index is 847. The lowest BCUT2D eigenvalue weighted by Crippen LogP contribution is -2.15. The molecule has 2 aromatic rings. The molecule has 0 aromatic heterocycles. The third-order valence-corrected chi connectivity index (χ3v) is 3.81. The largest absolute Gasteiger partial charge is 0.417 e. The summed E-state index contributed by atoms with van der Waals surface area (Å²) in [6.45, 7) is 0. The number of rotatable bonds is 2. The van der Waals surface area contributed by atoms with Gasteiger partial charge in [0.05, 0.1) is 21.7 Å². The van der Waals surface area contributed by atoms with Crippen molar-refractivity contribution < 1.29 is 44.3 Å². The van der Waals surface area contributed by atoms with Crippen molar-refractivity contribution >= 4 is 17.4 Å². The quantitative estimate of drug-likeness (QED) is 0.394. The zero-order chi connectivity index (χ0) is 20.8. The number of hydrogen-bond acceptors (Lipinski definition) is 1. The molecule has 0 saturated carbocycles. The zero-order valence-electron chi connectivity index (χ0n) is 12.7. The number of carbonyl (C=O) groups is 1. The van der Waals surface area contributed by atoms with E-state index >= 15 is 0 Å². The SMILES string of the molecule is O=C(c1cc(C(F)(F)F)cc(C(F)(F)F)c1)c1cccc(C(F)(F)F)c1Cl. The molecule has 11 heteroatoms. The van der Waals surface area contributed by atoms with Gasteiger partial charge in [0, 0.05) is 11.1 Å². The molecule has 0 saturated heterocycles. The standard InChI is InChI=1S/C16H6ClF9O/c17-12-10(2-1-3-11(12)16(24,25)26)13(27)7-4-8(14(18,19)20)6-9(5-7)15(21,22)23/h1-6H. The molecule has 0 aliphatic rings. The lowest BCUT2D eigenvalue weighted by atomic mass is 9.97. The molecule has 0 N–H and O–H groups in total. The van der Waals surface area contributed by atoms with Crippen molar-refractivity contribution in [1.82, 2.24) is 0 Å². The molecular formula is C16H6ClF9O. The van der Waals surface area contributed by atoms with Crippen molar-refractivity contribution in [3.63, 3.8) is 0 Å². The summed E-state index contributed by atoms with van der Waals surface area (Å²) < 4.78 is 116. The Morgan fingerprint density at radius 2 is 1.22 bits per heavy atom. The molecule has 0 atom stereocenters. The van der Waals surface area contributed by atoms with Crippen LogP contribution in [-0.4, -0.2) is 5.78 Å². The molecule has 146 valence electrons. The average molecular weight is 421 g/mol. The summed E-state index contributed by atoms with van der Waals surface area (Å²) in [6, 6.07) is 2.09. The van der Waals surface area contributed by atoms with Crippen molar-refractivity contribution in [3.05, 3.63) is 69.2 Å². The van der Waals surface area contributed by atoms with Gasteiger partial charge in [0.15, 0.2) is 5.78 Å². The second kappa shape index (κ2) is 6.74. The molecule has 0 fully saturated rings. The second-order valence-electron chi connectivity index (χ2n) is 5.29. The summed E-state index contributed by atoms with van der Waals surface area (Å²) in [5.74, 6) is -1.51. The van der Waals surface area contributed by atoms with E-state index < -0.39 is 57.2 Å². The van der Waals surface area contributed by atoms with Crippen molar-refractivity contribution in [2.75, 3.05) is 0 Å². The van der Waals surface area contributed by atoms with E-state index in [4.69, 9.17) is 11.6 Å². The Hall–Kier alpha value is -2.23. The van der Waals surface area contributed by atoms with E-state index in [-0.39, 0.29) is 18.2 Å². The molecule has 0 spiro atoms. The Morgan fingerprint density at radius 3 is 1.63 bits per heavy atom. The van der Waals surface area contributed by atoms with Gasteiger partial charge in [-0.25, -0.2) is 0 Å². The topological polar surface area (TPSA) is 17.1 Å². The lowest BCUT2D eigenvalue weighted by molar-refractivity contribution is -0.143. The summed E-state index contributed by atoms with van der Waals surface area (Å²) in [5.41, 5.74) is -6.97. The van der Waals surface area contributed by atoms with Crippen molar-refractivity contribution in [1.29, 1.82) is 0 Å². The molecule has 1 nitrogen and oxygen atoms in total. The van der Waals surface area contributed by atoms with Gasteiger partial charge in [-0.2, -0.15) is 39.5 Å². The van der Waals surface area contributed by atoms with Crippen LogP contribution in [0.5, 0.6) is 0 Å². The molecule has 27 heavy (non-hydrogen) atoms. The summed E-state index contributed by atoms with van der Waals surface area (Å²) in [5, 5.41) is -1.12. The van der Waals surface area contributed by atoms with Crippen molar-refractivity contribution in [2.24, 2.45) is 0 Å². The molecule has 0 heterocycles. The maximum absolute atomic E-state index is 12.8. The van der Waals surface area contributed by atoms with E-state index in [1.807, 2.05) is 0 Å². The van der Waals surface area contributed by atoms with E-state index in [1.54, 1.807) is 0 Å². The normalized spacial score (nSPS) is 13.0. The van der Waals surface area contributed by atoms with Crippen LogP contribution in [0.25, 0.3) is 0 Å². The lowest BCUT2D eigenvalue weighted by Gasteiger charge is -2.15. The van der Waals surface area contributed by atoms with Gasteiger partial charge in [-0.3, -0.25) is 4.79 Å². The van der Waals surface area contributed by atoms with E-state index in [0.717, 1.165) is 12.1 Å². The molecule has 0 amide bonds. The smallest absolute Gasteiger partial charge is 0.289 e. The first-order valence-electron chi connectivity index (χ1n) is 6.82. The van der Waals surface area contributed by atoms with E-state index in [2.05, 4.69) is 0 Å². The fourth-order valence-electron chi connectivity index (χ4n) is 2.17. The van der Waals surface area contributed by atoms with Crippen LogP contribution in [0.15, 0.2) is 36.4 Å². The molecule has 2 aromatic carbocycles. The molecule has 0 radical (unpaired) electrons. The highest BCUT2D eigenvalue weighted by molar-refractivity contribution is 6.35. The second-order valence-corrected chi connectivity index (χ2v) is 5.67. The maximum atomic E-state index is 12.8. The molecular weight excluding hydrogens is 415 g/mol. The van der Waals surface area contributed by atoms with Gasteiger partial charge in [-0.15, -0.1) is 0 Å². The van der Waals surface area contributed by atoms with Crippen LogP contribution in [0.2, 0.25) is 5.02 Å². The highest BCUT2D eigenvalue weighted by atomic mass is 35.5. The summed E-state index contributed by atoms with van der Waals surface area (Å²) in [6.07, 6.45) is -15.4.